The van der Waals surface area contributed by atoms with Gasteiger partial charge in [-0.05, 0) is 12.1 Å². The second-order valence-corrected chi connectivity index (χ2v) is 6.44. The summed E-state index contributed by atoms with van der Waals surface area (Å²) in [4.78, 5) is 28.5. The Kier molecular flexibility index (Phi) is 5.60. The lowest BCUT2D eigenvalue weighted by Gasteiger charge is -2.09. The highest BCUT2D eigenvalue weighted by molar-refractivity contribution is 7.16. The van der Waals surface area contributed by atoms with Crippen LogP contribution in [-0.4, -0.2) is 37.8 Å². The van der Waals surface area contributed by atoms with E-state index in [0.717, 1.165) is 10.2 Å². The van der Waals surface area contributed by atoms with Crippen LogP contribution in [0.25, 0.3) is 10.2 Å². The summed E-state index contributed by atoms with van der Waals surface area (Å²) >= 11 is 1.30. The van der Waals surface area contributed by atoms with Crippen molar-refractivity contribution in [3.05, 3.63) is 41.1 Å². The number of carbonyl (C=O) groups is 2. The van der Waals surface area contributed by atoms with Gasteiger partial charge in [0.15, 0.2) is 22.1 Å². The second kappa shape index (κ2) is 8.09. The molecule has 3 aromatic rings. The van der Waals surface area contributed by atoms with Crippen molar-refractivity contribution in [3.8, 4) is 11.5 Å². The Morgan fingerprint density at radius 2 is 1.93 bits per heavy atom. The van der Waals surface area contributed by atoms with Gasteiger partial charge in [-0.2, -0.15) is 4.99 Å². The van der Waals surface area contributed by atoms with Crippen molar-refractivity contribution < 1.29 is 28.2 Å². The van der Waals surface area contributed by atoms with E-state index in [1.54, 1.807) is 37.0 Å². The zero-order valence-electron chi connectivity index (χ0n) is 15.1. The SMILES string of the molecule is COC(=O)CCn1c(=NC(=O)c2ccco2)sc2cc(OC)c(OC)cc21. The monoisotopic (exact) mass is 390 g/mol. The molecule has 27 heavy (non-hydrogen) atoms. The van der Waals surface area contributed by atoms with E-state index in [-0.39, 0.29) is 18.2 Å². The molecule has 0 aliphatic heterocycles. The van der Waals surface area contributed by atoms with Gasteiger partial charge in [-0.25, -0.2) is 0 Å². The molecule has 0 unspecified atom stereocenters. The Hall–Kier alpha value is -3.07. The largest absolute Gasteiger partial charge is 0.493 e. The van der Waals surface area contributed by atoms with E-state index in [1.165, 1.54) is 24.7 Å². The molecule has 1 amide bonds. The van der Waals surface area contributed by atoms with Gasteiger partial charge in [-0.15, -0.1) is 0 Å². The first-order valence-electron chi connectivity index (χ1n) is 8.02. The molecule has 1 aromatic carbocycles. The summed E-state index contributed by atoms with van der Waals surface area (Å²) in [5.41, 5.74) is 0.771. The maximum absolute atomic E-state index is 12.3. The van der Waals surface area contributed by atoms with Crippen LogP contribution in [0.5, 0.6) is 11.5 Å². The van der Waals surface area contributed by atoms with Crippen LogP contribution < -0.4 is 14.3 Å². The number of aryl methyl sites for hydroxylation is 1. The Morgan fingerprint density at radius 1 is 1.19 bits per heavy atom. The van der Waals surface area contributed by atoms with Crippen LogP contribution in [0.3, 0.4) is 0 Å². The van der Waals surface area contributed by atoms with E-state index in [1.807, 2.05) is 6.07 Å². The molecule has 0 aliphatic rings. The summed E-state index contributed by atoms with van der Waals surface area (Å²) in [6, 6.07) is 6.76. The number of hydrogen-bond donors (Lipinski definition) is 0. The van der Waals surface area contributed by atoms with Gasteiger partial charge >= 0.3 is 11.9 Å². The van der Waals surface area contributed by atoms with E-state index in [0.29, 0.717) is 22.8 Å². The van der Waals surface area contributed by atoms with Crippen LogP contribution in [0, 0.1) is 0 Å². The van der Waals surface area contributed by atoms with Gasteiger partial charge in [-0.1, -0.05) is 11.3 Å². The lowest BCUT2D eigenvalue weighted by atomic mass is 10.3. The van der Waals surface area contributed by atoms with Gasteiger partial charge in [0.25, 0.3) is 0 Å². The van der Waals surface area contributed by atoms with Crippen molar-refractivity contribution in [2.45, 2.75) is 13.0 Å². The molecule has 2 aromatic heterocycles. The lowest BCUT2D eigenvalue weighted by Crippen LogP contribution is -2.19. The van der Waals surface area contributed by atoms with Crippen molar-refractivity contribution in [3.63, 3.8) is 0 Å². The van der Waals surface area contributed by atoms with E-state index in [9.17, 15) is 9.59 Å². The smallest absolute Gasteiger partial charge is 0.315 e. The Balaban J connectivity index is 2.15. The number of carbonyl (C=O) groups excluding carboxylic acids is 2. The number of aromatic nitrogens is 1. The molecule has 8 nitrogen and oxygen atoms in total. The maximum atomic E-state index is 12.3. The number of nitrogens with zero attached hydrogens (tertiary/aromatic N) is 2. The minimum Gasteiger partial charge on any atom is -0.493 e. The van der Waals surface area contributed by atoms with Gasteiger partial charge in [-0.3, -0.25) is 9.59 Å². The standard InChI is InChI=1S/C18H18N2O6S/c1-23-13-9-11-15(10-14(13)24-2)27-18(20(11)7-6-16(21)25-3)19-17(22)12-5-4-8-26-12/h4-5,8-10H,6-7H2,1-3H3. The molecule has 3 rings (SSSR count). The molecule has 142 valence electrons. The summed E-state index contributed by atoms with van der Waals surface area (Å²) in [5.74, 6) is 0.388. The molecule has 0 spiro atoms. The second-order valence-electron chi connectivity index (χ2n) is 5.43. The summed E-state index contributed by atoms with van der Waals surface area (Å²) in [5, 5.41) is 0. The fourth-order valence-electron chi connectivity index (χ4n) is 2.55. The minimum absolute atomic E-state index is 0.138. The first kappa shape index (κ1) is 18.7. The topological polar surface area (TPSA) is 92.3 Å². The number of benzene rings is 1. The molecule has 0 aliphatic carbocycles. The molecular weight excluding hydrogens is 372 g/mol. The van der Waals surface area contributed by atoms with Crippen LogP contribution in [-0.2, 0) is 16.1 Å². The fraction of sp³-hybridized carbons (Fsp3) is 0.278. The Morgan fingerprint density at radius 3 is 2.56 bits per heavy atom. The highest BCUT2D eigenvalue weighted by Gasteiger charge is 2.15. The number of fused-ring (bicyclic) bond motifs is 1. The Labute approximate surface area is 158 Å². The predicted octanol–water partition coefficient (Wildman–Crippen LogP) is 2.62. The normalized spacial score (nSPS) is 11.6. The maximum Gasteiger partial charge on any atom is 0.315 e. The minimum atomic E-state index is -0.502. The predicted molar refractivity (Wildman–Crippen MR) is 98.2 cm³/mol. The number of amides is 1. The first-order valence-corrected chi connectivity index (χ1v) is 8.83. The molecule has 0 saturated heterocycles. The van der Waals surface area contributed by atoms with Gasteiger partial charge in [0.1, 0.15) is 0 Å². The molecule has 2 heterocycles. The van der Waals surface area contributed by atoms with E-state index in [2.05, 4.69) is 4.99 Å². The molecule has 0 bridgehead atoms. The molecule has 0 N–H and O–H groups in total. The number of ether oxygens (including phenoxy) is 3. The lowest BCUT2D eigenvalue weighted by molar-refractivity contribution is -0.140. The van der Waals surface area contributed by atoms with Gasteiger partial charge in [0, 0.05) is 18.7 Å². The Bertz CT molecular complexity index is 1030. The molecule has 9 heteroatoms. The number of thiazole rings is 1. The van der Waals surface area contributed by atoms with Crippen LogP contribution in [0.15, 0.2) is 39.9 Å². The van der Waals surface area contributed by atoms with E-state index in [4.69, 9.17) is 18.6 Å². The fourth-order valence-corrected chi connectivity index (χ4v) is 3.61. The van der Waals surface area contributed by atoms with Crippen molar-refractivity contribution >= 4 is 33.4 Å². The summed E-state index contributed by atoms with van der Waals surface area (Å²) < 4.78 is 23.1. The zero-order chi connectivity index (χ0) is 19.4. The average molecular weight is 390 g/mol. The first-order chi connectivity index (χ1) is 13.1. The van der Waals surface area contributed by atoms with Gasteiger partial charge in [0.2, 0.25) is 0 Å². The van der Waals surface area contributed by atoms with Crippen molar-refractivity contribution in [1.29, 1.82) is 0 Å². The molecular formula is C18H18N2O6S. The highest BCUT2D eigenvalue weighted by atomic mass is 32.1. The molecule has 0 radical (unpaired) electrons. The third-order valence-electron chi connectivity index (χ3n) is 3.88. The number of methoxy groups -OCH3 is 3. The van der Waals surface area contributed by atoms with E-state index < -0.39 is 5.91 Å². The van der Waals surface area contributed by atoms with Gasteiger partial charge in [0.05, 0.1) is 44.2 Å². The van der Waals surface area contributed by atoms with Gasteiger partial charge < -0.3 is 23.2 Å². The number of furan rings is 1. The summed E-state index contributed by atoms with van der Waals surface area (Å²) in [6.07, 6.45) is 1.55. The number of rotatable bonds is 6. The van der Waals surface area contributed by atoms with E-state index >= 15 is 0 Å². The van der Waals surface area contributed by atoms with Crippen molar-refractivity contribution in [2.75, 3.05) is 21.3 Å². The van der Waals surface area contributed by atoms with Crippen LogP contribution in [0.1, 0.15) is 17.0 Å². The quantitative estimate of drug-likeness (QED) is 0.601. The molecule has 0 atom stereocenters. The van der Waals surface area contributed by atoms with Crippen LogP contribution in [0.4, 0.5) is 0 Å². The van der Waals surface area contributed by atoms with Crippen molar-refractivity contribution in [1.82, 2.24) is 4.57 Å². The van der Waals surface area contributed by atoms with Crippen LogP contribution in [0.2, 0.25) is 0 Å². The highest BCUT2D eigenvalue weighted by Crippen LogP contribution is 2.33. The third-order valence-corrected chi connectivity index (χ3v) is 4.93. The summed E-state index contributed by atoms with van der Waals surface area (Å²) in [6.45, 7) is 0.298. The molecule has 0 fully saturated rings. The molecule has 0 saturated carbocycles. The number of esters is 1. The zero-order valence-corrected chi connectivity index (χ0v) is 15.9. The van der Waals surface area contributed by atoms with Crippen LogP contribution >= 0.6 is 11.3 Å². The number of hydrogen-bond acceptors (Lipinski definition) is 7. The van der Waals surface area contributed by atoms with Crippen molar-refractivity contribution in [2.24, 2.45) is 4.99 Å². The average Bonchev–Trinajstić information content (AvgIpc) is 3.32. The third kappa shape index (κ3) is 3.87. The summed E-state index contributed by atoms with van der Waals surface area (Å²) in [7, 11) is 4.42.